The topological polar surface area (TPSA) is 73.7 Å². The quantitative estimate of drug-likeness (QED) is 0.787. The van der Waals surface area contributed by atoms with Gasteiger partial charge in [-0.15, -0.1) is 0 Å². The Bertz CT molecular complexity index is 504. The molecular weight excluding hydrogens is 230 g/mol. The first kappa shape index (κ1) is 11.3. The van der Waals surface area contributed by atoms with Gasteiger partial charge in [0.15, 0.2) is 0 Å². The zero-order chi connectivity index (χ0) is 11.6. The minimum Gasteiger partial charge on any atom is -0.327 e. The SMILES string of the molecule is N#Cc1c[nH]c(=O)c(C(=O)Cl)c1C(F)F. The lowest BCUT2D eigenvalue weighted by Gasteiger charge is -2.05. The molecule has 0 amide bonds. The Morgan fingerprint density at radius 2 is 2.20 bits per heavy atom. The first-order valence-corrected chi connectivity index (χ1v) is 4.00. The van der Waals surface area contributed by atoms with E-state index in [1.54, 1.807) is 0 Å². The zero-order valence-corrected chi connectivity index (χ0v) is 7.81. The first-order valence-electron chi connectivity index (χ1n) is 3.62. The van der Waals surface area contributed by atoms with Crippen LogP contribution in [0.4, 0.5) is 8.78 Å². The van der Waals surface area contributed by atoms with Gasteiger partial charge in [-0.05, 0) is 11.6 Å². The summed E-state index contributed by atoms with van der Waals surface area (Å²) in [6, 6.07) is 1.44. The summed E-state index contributed by atoms with van der Waals surface area (Å²) in [5, 5.41) is 7.19. The molecule has 0 bridgehead atoms. The molecule has 0 aliphatic heterocycles. The summed E-state index contributed by atoms with van der Waals surface area (Å²) in [6.07, 6.45) is -2.30. The molecule has 15 heavy (non-hydrogen) atoms. The van der Waals surface area contributed by atoms with Crippen LogP contribution in [0.15, 0.2) is 11.0 Å². The Kier molecular flexibility index (Phi) is 3.17. The molecule has 1 aromatic rings. The number of aromatic amines is 1. The molecule has 0 saturated heterocycles. The van der Waals surface area contributed by atoms with Crippen molar-refractivity contribution in [3.8, 4) is 6.07 Å². The zero-order valence-electron chi connectivity index (χ0n) is 7.05. The highest BCUT2D eigenvalue weighted by Crippen LogP contribution is 2.24. The molecule has 0 aliphatic carbocycles. The van der Waals surface area contributed by atoms with E-state index in [9.17, 15) is 18.4 Å². The van der Waals surface area contributed by atoms with Crippen LogP contribution >= 0.6 is 11.6 Å². The van der Waals surface area contributed by atoms with Crippen molar-refractivity contribution in [2.75, 3.05) is 0 Å². The number of hydrogen-bond acceptors (Lipinski definition) is 3. The third kappa shape index (κ3) is 2.02. The first-order chi connectivity index (χ1) is 6.99. The van der Waals surface area contributed by atoms with Crippen LogP contribution in [-0.2, 0) is 0 Å². The molecule has 0 radical (unpaired) electrons. The minimum atomic E-state index is -3.11. The molecule has 0 atom stereocenters. The average molecular weight is 233 g/mol. The molecule has 7 heteroatoms. The van der Waals surface area contributed by atoms with Crippen molar-refractivity contribution in [2.24, 2.45) is 0 Å². The molecule has 1 aromatic heterocycles. The molecule has 4 nitrogen and oxygen atoms in total. The van der Waals surface area contributed by atoms with Crippen molar-refractivity contribution >= 4 is 16.8 Å². The Hall–Kier alpha value is -1.74. The maximum Gasteiger partial charge on any atom is 0.266 e. The maximum absolute atomic E-state index is 12.5. The molecule has 1 rings (SSSR count). The Balaban J connectivity index is 3.68. The summed E-state index contributed by atoms with van der Waals surface area (Å²) in [5.74, 6) is 0. The van der Waals surface area contributed by atoms with Crippen molar-refractivity contribution in [1.29, 1.82) is 5.26 Å². The van der Waals surface area contributed by atoms with E-state index in [4.69, 9.17) is 16.9 Å². The summed E-state index contributed by atoms with van der Waals surface area (Å²) >= 11 is 4.98. The summed E-state index contributed by atoms with van der Waals surface area (Å²) in [5.41, 5.74) is -3.33. The van der Waals surface area contributed by atoms with Crippen molar-refractivity contribution in [3.05, 3.63) is 33.2 Å². The van der Waals surface area contributed by atoms with E-state index in [-0.39, 0.29) is 0 Å². The monoisotopic (exact) mass is 232 g/mol. The van der Waals surface area contributed by atoms with Gasteiger partial charge in [-0.2, -0.15) is 5.26 Å². The number of H-pyrrole nitrogens is 1. The highest BCUT2D eigenvalue weighted by atomic mass is 35.5. The van der Waals surface area contributed by atoms with Crippen molar-refractivity contribution in [3.63, 3.8) is 0 Å². The molecule has 0 saturated carbocycles. The number of carbonyl (C=O) groups excluding carboxylic acids is 1. The number of halogens is 3. The van der Waals surface area contributed by atoms with Gasteiger partial charge in [-0.25, -0.2) is 8.78 Å². The highest BCUT2D eigenvalue weighted by molar-refractivity contribution is 6.67. The van der Waals surface area contributed by atoms with Gasteiger partial charge in [0.1, 0.15) is 11.6 Å². The summed E-state index contributed by atoms with van der Waals surface area (Å²) in [7, 11) is 0. The Morgan fingerprint density at radius 1 is 1.60 bits per heavy atom. The van der Waals surface area contributed by atoms with E-state index >= 15 is 0 Å². The fourth-order valence-electron chi connectivity index (χ4n) is 1.06. The van der Waals surface area contributed by atoms with Crippen LogP contribution in [0, 0.1) is 11.3 Å². The molecule has 1 N–H and O–H groups in total. The van der Waals surface area contributed by atoms with Crippen LogP contribution in [0.25, 0.3) is 0 Å². The van der Waals surface area contributed by atoms with Crippen LogP contribution in [0.2, 0.25) is 0 Å². The lowest BCUT2D eigenvalue weighted by molar-refractivity contribution is 0.106. The second-order valence-corrected chi connectivity index (χ2v) is 2.85. The number of alkyl halides is 2. The lowest BCUT2D eigenvalue weighted by atomic mass is 10.1. The van der Waals surface area contributed by atoms with Crippen LogP contribution < -0.4 is 5.56 Å². The van der Waals surface area contributed by atoms with E-state index in [0.717, 1.165) is 6.20 Å². The standard InChI is InChI=1S/C8H3ClF2N2O2/c9-6(14)5-4(7(10)11)3(1-12)2-13-8(5)15/h2,7H,(H,13,15). The predicted molar refractivity (Wildman–Crippen MR) is 46.9 cm³/mol. The fraction of sp³-hybridized carbons (Fsp3) is 0.125. The molecule has 0 spiro atoms. The van der Waals surface area contributed by atoms with E-state index in [2.05, 4.69) is 0 Å². The van der Waals surface area contributed by atoms with E-state index in [1.165, 1.54) is 6.07 Å². The largest absolute Gasteiger partial charge is 0.327 e. The number of nitrogens with zero attached hydrogens (tertiary/aromatic N) is 1. The number of nitrogens with one attached hydrogen (secondary N) is 1. The molecule has 0 aliphatic rings. The van der Waals surface area contributed by atoms with Crippen LogP contribution in [0.1, 0.15) is 27.9 Å². The number of nitriles is 1. The predicted octanol–water partition coefficient (Wildman–Crippen LogP) is 1.56. The summed E-state index contributed by atoms with van der Waals surface area (Å²) in [6.45, 7) is 0. The molecule has 0 fully saturated rings. The second kappa shape index (κ2) is 4.19. The lowest BCUT2D eigenvalue weighted by Crippen LogP contribution is -2.19. The average Bonchev–Trinajstić information content (AvgIpc) is 2.16. The number of aromatic nitrogens is 1. The van der Waals surface area contributed by atoms with Gasteiger partial charge in [-0.1, -0.05) is 0 Å². The van der Waals surface area contributed by atoms with Crippen LogP contribution in [0.3, 0.4) is 0 Å². The Morgan fingerprint density at radius 3 is 2.60 bits per heavy atom. The third-order valence-electron chi connectivity index (χ3n) is 1.67. The van der Waals surface area contributed by atoms with E-state index in [0.29, 0.717) is 0 Å². The number of hydrogen-bond donors (Lipinski definition) is 1. The van der Waals surface area contributed by atoms with E-state index < -0.39 is 33.9 Å². The molecular formula is C8H3ClF2N2O2. The number of carbonyl (C=O) groups is 1. The molecule has 78 valence electrons. The third-order valence-corrected chi connectivity index (χ3v) is 1.86. The Labute approximate surface area is 87.1 Å². The smallest absolute Gasteiger partial charge is 0.266 e. The van der Waals surface area contributed by atoms with Gasteiger partial charge < -0.3 is 4.98 Å². The van der Waals surface area contributed by atoms with Gasteiger partial charge >= 0.3 is 0 Å². The van der Waals surface area contributed by atoms with Crippen molar-refractivity contribution < 1.29 is 13.6 Å². The van der Waals surface area contributed by atoms with Gasteiger partial charge in [-0.3, -0.25) is 9.59 Å². The van der Waals surface area contributed by atoms with Gasteiger partial charge in [0.25, 0.3) is 17.2 Å². The van der Waals surface area contributed by atoms with Gasteiger partial charge in [0.05, 0.1) is 11.1 Å². The maximum atomic E-state index is 12.5. The molecule has 0 unspecified atom stereocenters. The van der Waals surface area contributed by atoms with Crippen molar-refractivity contribution in [1.82, 2.24) is 4.98 Å². The molecule has 1 heterocycles. The van der Waals surface area contributed by atoms with Crippen molar-refractivity contribution in [2.45, 2.75) is 6.43 Å². The molecule has 0 aromatic carbocycles. The normalized spacial score (nSPS) is 10.1. The van der Waals surface area contributed by atoms with Crippen LogP contribution in [0.5, 0.6) is 0 Å². The van der Waals surface area contributed by atoms with E-state index in [1.807, 2.05) is 4.98 Å². The summed E-state index contributed by atoms with van der Waals surface area (Å²) in [4.78, 5) is 23.8. The highest BCUT2D eigenvalue weighted by Gasteiger charge is 2.24. The minimum absolute atomic E-state index is 0.478. The van der Waals surface area contributed by atoms with Crippen LogP contribution in [-0.4, -0.2) is 10.2 Å². The fourth-order valence-corrected chi connectivity index (χ4v) is 1.25. The summed E-state index contributed by atoms with van der Waals surface area (Å²) < 4.78 is 25.0. The number of rotatable bonds is 2. The van der Waals surface area contributed by atoms with Gasteiger partial charge in [0.2, 0.25) is 0 Å². The van der Waals surface area contributed by atoms with Gasteiger partial charge in [0, 0.05) is 6.20 Å². The second-order valence-electron chi connectivity index (χ2n) is 2.51. The number of pyridine rings is 1.